The average Bonchev–Trinajstić information content (AvgIpc) is 2.77. The van der Waals surface area contributed by atoms with Crippen molar-refractivity contribution in [2.24, 2.45) is 0 Å². The number of nitrogens with zero attached hydrogens (tertiary/aromatic N) is 2. The number of aryl methyl sites for hydroxylation is 1. The molecule has 0 unspecified atom stereocenters. The topological polar surface area (TPSA) is 74.8 Å². The minimum atomic E-state index is -3.61. The van der Waals surface area contributed by atoms with E-state index in [-0.39, 0.29) is 42.5 Å². The summed E-state index contributed by atoms with van der Waals surface area (Å²) in [5, 5.41) is 0.472. The maximum Gasteiger partial charge on any atom is 0.243 e. The number of hydrogen-bond acceptors (Lipinski definition) is 4. The molecule has 0 spiro atoms. The number of carbonyl (C=O) groups excluding carboxylic acids is 2. The molecule has 8 heteroatoms. The molecule has 160 valence electrons. The molecule has 3 rings (SSSR count). The first kappa shape index (κ1) is 22.5. The summed E-state index contributed by atoms with van der Waals surface area (Å²) < 4.78 is 26.8. The van der Waals surface area contributed by atoms with E-state index in [1.54, 1.807) is 29.2 Å². The molecular formula is C22H25ClN2O4S. The molecule has 1 heterocycles. The second-order valence-corrected chi connectivity index (χ2v) is 9.59. The molecule has 0 radical (unpaired) electrons. The zero-order chi connectivity index (χ0) is 21.7. The summed E-state index contributed by atoms with van der Waals surface area (Å²) in [5.41, 5.74) is 1.77. The third kappa shape index (κ3) is 5.28. The first-order valence-electron chi connectivity index (χ1n) is 9.97. The van der Waals surface area contributed by atoms with Gasteiger partial charge in [0.2, 0.25) is 15.9 Å². The van der Waals surface area contributed by atoms with E-state index >= 15 is 0 Å². The Balaban J connectivity index is 1.51. The second-order valence-electron chi connectivity index (χ2n) is 7.21. The van der Waals surface area contributed by atoms with E-state index in [1.807, 2.05) is 12.1 Å². The van der Waals surface area contributed by atoms with Crippen LogP contribution in [0, 0.1) is 0 Å². The van der Waals surface area contributed by atoms with Gasteiger partial charge in [0.25, 0.3) is 0 Å². The average molecular weight is 449 g/mol. The van der Waals surface area contributed by atoms with E-state index in [4.69, 9.17) is 11.6 Å². The van der Waals surface area contributed by atoms with Gasteiger partial charge in [-0.25, -0.2) is 8.42 Å². The molecular weight excluding hydrogens is 424 g/mol. The number of piperazine rings is 1. The molecule has 2 aromatic rings. The quantitative estimate of drug-likeness (QED) is 0.608. The Bertz CT molecular complexity index is 996. The largest absolute Gasteiger partial charge is 0.340 e. The standard InChI is InChI=1S/C22H25ClN2O4S/c1-2-17-3-5-18(6-4-17)21(26)11-12-22(27)24-13-15-25(16-14-24)30(28,29)20-9-7-19(23)8-10-20/h3-10H,2,11-16H2,1H3. The van der Waals surface area contributed by atoms with Crippen molar-refractivity contribution >= 4 is 33.3 Å². The highest BCUT2D eigenvalue weighted by Gasteiger charge is 2.30. The van der Waals surface area contributed by atoms with Crippen LogP contribution in [0.4, 0.5) is 0 Å². The highest BCUT2D eigenvalue weighted by atomic mass is 35.5. The summed E-state index contributed by atoms with van der Waals surface area (Å²) in [5.74, 6) is -0.188. The SMILES string of the molecule is CCc1ccc(C(=O)CCC(=O)N2CCN(S(=O)(=O)c3ccc(Cl)cc3)CC2)cc1. The van der Waals surface area contributed by atoms with Gasteiger partial charge in [0.05, 0.1) is 4.90 Å². The van der Waals surface area contributed by atoms with E-state index in [0.717, 1.165) is 12.0 Å². The summed E-state index contributed by atoms with van der Waals surface area (Å²) in [6.07, 6.45) is 1.18. The van der Waals surface area contributed by atoms with Crippen molar-refractivity contribution < 1.29 is 18.0 Å². The van der Waals surface area contributed by atoms with E-state index in [0.29, 0.717) is 23.7 Å². The molecule has 0 atom stereocenters. The van der Waals surface area contributed by atoms with Crippen molar-refractivity contribution in [3.05, 3.63) is 64.7 Å². The molecule has 0 aromatic heterocycles. The highest BCUT2D eigenvalue weighted by Crippen LogP contribution is 2.20. The van der Waals surface area contributed by atoms with Crippen LogP contribution in [-0.4, -0.2) is 55.5 Å². The molecule has 0 bridgehead atoms. The van der Waals surface area contributed by atoms with Gasteiger partial charge in [0.15, 0.2) is 5.78 Å². The Labute approximate surface area is 182 Å². The number of amides is 1. The molecule has 0 N–H and O–H groups in total. The van der Waals surface area contributed by atoms with Crippen LogP contribution in [0.25, 0.3) is 0 Å². The molecule has 1 saturated heterocycles. The zero-order valence-electron chi connectivity index (χ0n) is 16.9. The van der Waals surface area contributed by atoms with Crippen LogP contribution in [0.5, 0.6) is 0 Å². The lowest BCUT2D eigenvalue weighted by atomic mass is 10.0. The highest BCUT2D eigenvalue weighted by molar-refractivity contribution is 7.89. The Hall–Kier alpha value is -2.22. The number of sulfonamides is 1. The fourth-order valence-electron chi connectivity index (χ4n) is 3.38. The molecule has 6 nitrogen and oxygen atoms in total. The van der Waals surface area contributed by atoms with Gasteiger partial charge in [-0.1, -0.05) is 42.8 Å². The Kier molecular flexibility index (Phi) is 7.28. The zero-order valence-corrected chi connectivity index (χ0v) is 18.5. The first-order valence-corrected chi connectivity index (χ1v) is 11.8. The third-order valence-electron chi connectivity index (χ3n) is 5.29. The van der Waals surface area contributed by atoms with Gasteiger partial charge in [-0.05, 0) is 36.2 Å². The summed E-state index contributed by atoms with van der Waals surface area (Å²) in [4.78, 5) is 26.6. The van der Waals surface area contributed by atoms with E-state index in [9.17, 15) is 18.0 Å². The first-order chi connectivity index (χ1) is 14.3. The Morgan fingerprint density at radius 2 is 1.50 bits per heavy atom. The van der Waals surface area contributed by atoms with Crippen molar-refractivity contribution in [2.45, 2.75) is 31.1 Å². The van der Waals surface area contributed by atoms with E-state index < -0.39 is 10.0 Å². The van der Waals surface area contributed by atoms with Crippen LogP contribution in [0.15, 0.2) is 53.4 Å². The van der Waals surface area contributed by atoms with Crippen molar-refractivity contribution in [3.8, 4) is 0 Å². The van der Waals surface area contributed by atoms with Crippen LogP contribution >= 0.6 is 11.6 Å². The summed E-state index contributed by atoms with van der Waals surface area (Å²) in [6, 6.07) is 13.5. The molecule has 2 aromatic carbocycles. The summed E-state index contributed by atoms with van der Waals surface area (Å²) in [6.45, 7) is 3.12. The Morgan fingerprint density at radius 3 is 2.07 bits per heavy atom. The number of Topliss-reactive ketones (excluding diaryl/α,β-unsaturated/α-hetero) is 1. The van der Waals surface area contributed by atoms with Gasteiger partial charge in [-0.3, -0.25) is 9.59 Å². The van der Waals surface area contributed by atoms with Crippen molar-refractivity contribution in [3.63, 3.8) is 0 Å². The number of rotatable bonds is 7. The third-order valence-corrected chi connectivity index (χ3v) is 7.46. The van der Waals surface area contributed by atoms with Crippen LogP contribution in [0.3, 0.4) is 0 Å². The fraction of sp³-hybridized carbons (Fsp3) is 0.364. The van der Waals surface area contributed by atoms with Crippen LogP contribution in [0.1, 0.15) is 35.7 Å². The molecule has 0 aliphatic carbocycles. The van der Waals surface area contributed by atoms with Gasteiger partial charge in [-0.2, -0.15) is 4.31 Å². The van der Waals surface area contributed by atoms with Gasteiger partial charge in [-0.15, -0.1) is 0 Å². The maximum absolute atomic E-state index is 12.7. The van der Waals surface area contributed by atoms with Crippen LogP contribution < -0.4 is 0 Å². The fourth-order valence-corrected chi connectivity index (χ4v) is 4.93. The minimum absolute atomic E-state index is 0.0602. The molecule has 0 saturated carbocycles. The molecule has 1 aliphatic heterocycles. The van der Waals surface area contributed by atoms with Gasteiger partial charge in [0, 0.05) is 49.6 Å². The second kappa shape index (κ2) is 9.73. The number of benzene rings is 2. The lowest BCUT2D eigenvalue weighted by Crippen LogP contribution is -2.50. The van der Waals surface area contributed by atoms with E-state index in [1.165, 1.54) is 16.4 Å². The maximum atomic E-state index is 12.7. The molecule has 1 fully saturated rings. The smallest absolute Gasteiger partial charge is 0.243 e. The van der Waals surface area contributed by atoms with Crippen molar-refractivity contribution in [2.75, 3.05) is 26.2 Å². The molecule has 30 heavy (non-hydrogen) atoms. The van der Waals surface area contributed by atoms with Gasteiger partial charge < -0.3 is 4.90 Å². The normalized spacial score (nSPS) is 15.2. The van der Waals surface area contributed by atoms with E-state index in [2.05, 4.69) is 6.92 Å². The molecule has 1 amide bonds. The van der Waals surface area contributed by atoms with Crippen LogP contribution in [0.2, 0.25) is 5.02 Å². The van der Waals surface area contributed by atoms with Gasteiger partial charge >= 0.3 is 0 Å². The van der Waals surface area contributed by atoms with Crippen molar-refractivity contribution in [1.29, 1.82) is 0 Å². The lowest BCUT2D eigenvalue weighted by molar-refractivity contribution is -0.132. The summed E-state index contributed by atoms with van der Waals surface area (Å²) in [7, 11) is -3.61. The Morgan fingerprint density at radius 1 is 0.900 bits per heavy atom. The summed E-state index contributed by atoms with van der Waals surface area (Å²) >= 11 is 5.83. The predicted molar refractivity (Wildman–Crippen MR) is 116 cm³/mol. The lowest BCUT2D eigenvalue weighted by Gasteiger charge is -2.34. The number of halogens is 1. The van der Waals surface area contributed by atoms with Crippen LogP contribution in [-0.2, 0) is 21.2 Å². The van der Waals surface area contributed by atoms with Crippen molar-refractivity contribution in [1.82, 2.24) is 9.21 Å². The number of ketones is 1. The minimum Gasteiger partial charge on any atom is -0.340 e. The number of carbonyl (C=O) groups is 2. The van der Waals surface area contributed by atoms with Gasteiger partial charge in [0.1, 0.15) is 0 Å². The molecule has 1 aliphatic rings. The number of hydrogen-bond donors (Lipinski definition) is 0. The monoisotopic (exact) mass is 448 g/mol. The predicted octanol–water partition coefficient (Wildman–Crippen LogP) is 3.40.